The quantitative estimate of drug-likeness (QED) is 0.791. The van der Waals surface area contributed by atoms with Crippen LogP contribution in [-0.2, 0) is 6.54 Å². The smallest absolute Gasteiger partial charge is 0.270 e. The average molecular weight is 331 g/mol. The molecular formula is C21H21N3O. The molecule has 126 valence electrons. The van der Waals surface area contributed by atoms with Crippen molar-refractivity contribution in [1.82, 2.24) is 10.3 Å². The molecule has 1 saturated heterocycles. The number of fused-ring (bicyclic) bond motifs is 1. The molecule has 1 aliphatic heterocycles. The number of benzene rings is 2. The second-order valence-electron chi connectivity index (χ2n) is 6.39. The molecule has 2 heterocycles. The Morgan fingerprint density at radius 2 is 1.72 bits per heavy atom. The Labute approximate surface area is 147 Å². The van der Waals surface area contributed by atoms with Crippen LogP contribution >= 0.6 is 0 Å². The molecule has 4 rings (SSSR count). The molecule has 0 saturated carbocycles. The van der Waals surface area contributed by atoms with Crippen molar-refractivity contribution in [1.29, 1.82) is 0 Å². The van der Waals surface area contributed by atoms with Crippen molar-refractivity contribution in [2.45, 2.75) is 19.4 Å². The monoisotopic (exact) mass is 331 g/mol. The lowest BCUT2D eigenvalue weighted by molar-refractivity contribution is 0.0946. The van der Waals surface area contributed by atoms with Gasteiger partial charge in [0.15, 0.2) is 0 Å². The number of nitrogens with one attached hydrogen (secondary N) is 1. The Morgan fingerprint density at radius 1 is 0.960 bits per heavy atom. The first-order valence-electron chi connectivity index (χ1n) is 8.78. The van der Waals surface area contributed by atoms with Gasteiger partial charge >= 0.3 is 0 Å². The van der Waals surface area contributed by atoms with Gasteiger partial charge in [0.05, 0.1) is 5.52 Å². The summed E-state index contributed by atoms with van der Waals surface area (Å²) in [6, 6.07) is 19.9. The Balaban J connectivity index is 1.50. The minimum Gasteiger partial charge on any atom is -0.371 e. The molecule has 2 aromatic carbocycles. The van der Waals surface area contributed by atoms with Crippen molar-refractivity contribution in [2.75, 3.05) is 18.0 Å². The summed E-state index contributed by atoms with van der Waals surface area (Å²) in [5.41, 5.74) is 3.68. The number of aromatic nitrogens is 1. The lowest BCUT2D eigenvalue weighted by Crippen LogP contribution is -2.26. The number of anilines is 1. The van der Waals surface area contributed by atoms with Gasteiger partial charge in [0.1, 0.15) is 5.69 Å². The minimum atomic E-state index is -0.137. The zero-order chi connectivity index (χ0) is 17.1. The van der Waals surface area contributed by atoms with Crippen LogP contribution in [0.2, 0.25) is 0 Å². The van der Waals surface area contributed by atoms with Gasteiger partial charge in [-0.25, -0.2) is 4.98 Å². The summed E-state index contributed by atoms with van der Waals surface area (Å²) in [7, 11) is 0. The van der Waals surface area contributed by atoms with Crippen LogP contribution in [0, 0.1) is 0 Å². The van der Waals surface area contributed by atoms with Crippen LogP contribution in [0.4, 0.5) is 5.69 Å². The number of hydrogen-bond donors (Lipinski definition) is 1. The van der Waals surface area contributed by atoms with Crippen molar-refractivity contribution in [3.8, 4) is 0 Å². The van der Waals surface area contributed by atoms with E-state index in [0.29, 0.717) is 12.2 Å². The van der Waals surface area contributed by atoms with Crippen LogP contribution in [-0.4, -0.2) is 24.0 Å². The molecule has 0 aliphatic carbocycles. The SMILES string of the molecule is O=C(NCc1ccccc1N1CCCC1)c1ccc2ccccc2n1. The maximum Gasteiger partial charge on any atom is 0.270 e. The van der Waals surface area contributed by atoms with Crippen LogP contribution in [0.5, 0.6) is 0 Å². The summed E-state index contributed by atoms with van der Waals surface area (Å²) in [6.45, 7) is 2.70. The number of pyridine rings is 1. The maximum absolute atomic E-state index is 12.5. The second-order valence-corrected chi connectivity index (χ2v) is 6.39. The van der Waals surface area contributed by atoms with E-state index in [1.807, 2.05) is 36.4 Å². The van der Waals surface area contributed by atoms with Gasteiger partial charge in [-0.2, -0.15) is 0 Å². The highest BCUT2D eigenvalue weighted by Crippen LogP contribution is 2.24. The van der Waals surface area contributed by atoms with Gasteiger partial charge in [0.25, 0.3) is 5.91 Å². The van der Waals surface area contributed by atoms with Crippen molar-refractivity contribution < 1.29 is 4.79 Å². The molecule has 1 amide bonds. The molecule has 3 aromatic rings. The summed E-state index contributed by atoms with van der Waals surface area (Å²) in [5.74, 6) is -0.137. The van der Waals surface area contributed by atoms with E-state index in [9.17, 15) is 4.79 Å². The fourth-order valence-electron chi connectivity index (χ4n) is 3.39. The van der Waals surface area contributed by atoms with E-state index >= 15 is 0 Å². The predicted molar refractivity (Wildman–Crippen MR) is 101 cm³/mol. The molecular weight excluding hydrogens is 310 g/mol. The topological polar surface area (TPSA) is 45.2 Å². The summed E-state index contributed by atoms with van der Waals surface area (Å²) >= 11 is 0. The van der Waals surface area contributed by atoms with Crippen molar-refractivity contribution in [2.24, 2.45) is 0 Å². The number of nitrogens with zero attached hydrogens (tertiary/aromatic N) is 2. The number of rotatable bonds is 4. The Bertz CT molecular complexity index is 900. The Kier molecular flexibility index (Phi) is 4.34. The highest BCUT2D eigenvalue weighted by atomic mass is 16.1. The summed E-state index contributed by atoms with van der Waals surface area (Å²) < 4.78 is 0. The van der Waals surface area contributed by atoms with E-state index in [-0.39, 0.29) is 5.91 Å². The highest BCUT2D eigenvalue weighted by Gasteiger charge is 2.16. The lowest BCUT2D eigenvalue weighted by Gasteiger charge is -2.21. The van der Waals surface area contributed by atoms with E-state index in [1.165, 1.54) is 18.5 Å². The van der Waals surface area contributed by atoms with Crippen molar-refractivity contribution >= 4 is 22.5 Å². The van der Waals surface area contributed by atoms with Gasteiger partial charge in [-0.1, -0.05) is 42.5 Å². The summed E-state index contributed by atoms with van der Waals surface area (Å²) in [6.07, 6.45) is 2.48. The van der Waals surface area contributed by atoms with E-state index in [1.54, 1.807) is 6.07 Å². The predicted octanol–water partition coefficient (Wildman–Crippen LogP) is 3.77. The number of hydrogen-bond acceptors (Lipinski definition) is 3. The first-order valence-corrected chi connectivity index (χ1v) is 8.78. The molecule has 25 heavy (non-hydrogen) atoms. The second kappa shape index (κ2) is 6.93. The van der Waals surface area contributed by atoms with Crippen molar-refractivity contribution in [3.05, 3.63) is 71.9 Å². The third kappa shape index (κ3) is 3.33. The van der Waals surface area contributed by atoms with Crippen LogP contribution in [0.15, 0.2) is 60.7 Å². The van der Waals surface area contributed by atoms with Gasteiger partial charge in [-0.15, -0.1) is 0 Å². The summed E-state index contributed by atoms with van der Waals surface area (Å²) in [5, 5.41) is 4.06. The fourth-order valence-corrected chi connectivity index (χ4v) is 3.39. The van der Waals surface area contributed by atoms with E-state index in [2.05, 4.69) is 33.4 Å². The van der Waals surface area contributed by atoms with Crippen LogP contribution < -0.4 is 10.2 Å². The van der Waals surface area contributed by atoms with Crippen molar-refractivity contribution in [3.63, 3.8) is 0 Å². The molecule has 0 spiro atoms. The van der Waals surface area contributed by atoms with Gasteiger partial charge in [0.2, 0.25) is 0 Å². The molecule has 1 fully saturated rings. The molecule has 4 heteroatoms. The standard InChI is InChI=1S/C21H21N3O/c25-21(19-12-11-16-7-1-3-9-18(16)23-19)22-15-17-8-2-4-10-20(17)24-13-5-6-14-24/h1-4,7-12H,5-6,13-15H2,(H,22,25). The molecule has 1 aliphatic rings. The van der Waals surface area contributed by atoms with Crippen LogP contribution in [0.25, 0.3) is 10.9 Å². The molecule has 0 bridgehead atoms. The lowest BCUT2D eigenvalue weighted by atomic mass is 10.1. The molecule has 0 atom stereocenters. The fraction of sp³-hybridized carbons (Fsp3) is 0.238. The van der Waals surface area contributed by atoms with Crippen LogP contribution in [0.3, 0.4) is 0 Å². The van der Waals surface area contributed by atoms with Gasteiger partial charge in [-0.3, -0.25) is 4.79 Å². The van der Waals surface area contributed by atoms with Gasteiger partial charge in [0, 0.05) is 30.7 Å². The molecule has 1 N–H and O–H groups in total. The number of carbonyl (C=O) groups is 1. The Morgan fingerprint density at radius 3 is 2.60 bits per heavy atom. The number of carbonyl (C=O) groups excluding carboxylic acids is 1. The van der Waals surface area contributed by atoms with E-state index in [0.717, 1.165) is 29.6 Å². The van der Waals surface area contributed by atoms with E-state index in [4.69, 9.17) is 0 Å². The normalized spacial score (nSPS) is 14.0. The van der Waals surface area contributed by atoms with Crippen LogP contribution in [0.1, 0.15) is 28.9 Å². The molecule has 0 unspecified atom stereocenters. The van der Waals surface area contributed by atoms with Gasteiger partial charge in [-0.05, 0) is 36.6 Å². The molecule has 1 aromatic heterocycles. The third-order valence-electron chi connectivity index (χ3n) is 4.71. The Hall–Kier alpha value is -2.88. The zero-order valence-corrected chi connectivity index (χ0v) is 14.1. The third-order valence-corrected chi connectivity index (χ3v) is 4.71. The largest absolute Gasteiger partial charge is 0.371 e. The number of amides is 1. The average Bonchev–Trinajstić information content (AvgIpc) is 3.20. The maximum atomic E-state index is 12.5. The highest BCUT2D eigenvalue weighted by molar-refractivity contribution is 5.94. The number of para-hydroxylation sites is 2. The van der Waals surface area contributed by atoms with E-state index < -0.39 is 0 Å². The zero-order valence-electron chi connectivity index (χ0n) is 14.1. The first kappa shape index (κ1) is 15.6. The minimum absolute atomic E-state index is 0.137. The first-order chi connectivity index (χ1) is 12.3. The molecule has 4 nitrogen and oxygen atoms in total. The summed E-state index contributed by atoms with van der Waals surface area (Å²) in [4.78, 5) is 19.4. The molecule has 0 radical (unpaired) electrons. The van der Waals surface area contributed by atoms with Gasteiger partial charge < -0.3 is 10.2 Å².